The third-order valence-corrected chi connectivity index (χ3v) is 5.13. The van der Waals surface area contributed by atoms with Crippen molar-refractivity contribution in [2.45, 2.75) is 29.3 Å². The standard InChI is InChI=1S/C18H19N7O3S/c26-9-14(27)10-28-12-25-13(6-21-23-25)8-24-17-16(7-22-24)18(20-11-19-17)29-15-4-2-1-3-5-15/h1-7,11,14,26-27H,8-10,12H2/t14-/m1/s1. The van der Waals surface area contributed by atoms with Crippen molar-refractivity contribution in [2.24, 2.45) is 0 Å². The normalized spacial score (nSPS) is 12.5. The van der Waals surface area contributed by atoms with Crippen LogP contribution in [-0.4, -0.2) is 64.3 Å². The Hall–Kier alpha value is -2.86. The molecule has 4 rings (SSSR count). The molecular weight excluding hydrogens is 394 g/mol. The number of rotatable bonds is 9. The van der Waals surface area contributed by atoms with Gasteiger partial charge in [0.1, 0.15) is 24.2 Å². The fourth-order valence-electron chi connectivity index (χ4n) is 2.66. The predicted molar refractivity (Wildman–Crippen MR) is 104 cm³/mol. The smallest absolute Gasteiger partial charge is 0.162 e. The van der Waals surface area contributed by atoms with Gasteiger partial charge >= 0.3 is 0 Å². The highest BCUT2D eigenvalue weighted by atomic mass is 32.2. The summed E-state index contributed by atoms with van der Waals surface area (Å²) in [5, 5.41) is 32.3. The molecule has 0 aliphatic carbocycles. The quantitative estimate of drug-likeness (QED) is 0.386. The molecule has 0 saturated carbocycles. The van der Waals surface area contributed by atoms with Crippen LogP contribution in [0.1, 0.15) is 5.69 Å². The topological polar surface area (TPSA) is 124 Å². The van der Waals surface area contributed by atoms with E-state index in [0.29, 0.717) is 12.2 Å². The van der Waals surface area contributed by atoms with E-state index in [9.17, 15) is 5.11 Å². The molecule has 29 heavy (non-hydrogen) atoms. The Morgan fingerprint density at radius 1 is 1.10 bits per heavy atom. The number of ether oxygens (including phenoxy) is 1. The van der Waals surface area contributed by atoms with Gasteiger partial charge in [0, 0.05) is 4.90 Å². The van der Waals surface area contributed by atoms with Gasteiger partial charge in [-0.2, -0.15) is 5.10 Å². The molecule has 0 spiro atoms. The molecule has 0 unspecified atom stereocenters. The molecule has 2 N–H and O–H groups in total. The van der Waals surface area contributed by atoms with Crippen LogP contribution in [0.3, 0.4) is 0 Å². The SMILES string of the molecule is OC[C@@H](O)COCn1nncc1Cn1ncc2c(Sc3ccccc3)ncnc21. The molecule has 0 bridgehead atoms. The first-order chi connectivity index (χ1) is 14.2. The lowest BCUT2D eigenvalue weighted by molar-refractivity contribution is -0.0217. The van der Waals surface area contributed by atoms with Crippen molar-refractivity contribution >= 4 is 22.8 Å². The Balaban J connectivity index is 1.51. The average Bonchev–Trinajstić information content (AvgIpc) is 3.37. The third kappa shape index (κ3) is 4.59. The minimum Gasteiger partial charge on any atom is -0.394 e. The largest absolute Gasteiger partial charge is 0.394 e. The Labute approximate surface area is 170 Å². The van der Waals surface area contributed by atoms with Gasteiger partial charge < -0.3 is 14.9 Å². The summed E-state index contributed by atoms with van der Waals surface area (Å²) in [6.45, 7) is 0.158. The number of aliphatic hydroxyl groups excluding tert-OH is 2. The maximum absolute atomic E-state index is 9.36. The summed E-state index contributed by atoms with van der Waals surface area (Å²) in [7, 11) is 0. The van der Waals surface area contributed by atoms with Crippen LogP contribution in [0.15, 0.2) is 59.0 Å². The minimum absolute atomic E-state index is 0.00773. The van der Waals surface area contributed by atoms with Gasteiger partial charge in [0.2, 0.25) is 0 Å². The zero-order chi connectivity index (χ0) is 20.1. The van der Waals surface area contributed by atoms with Crippen LogP contribution in [0.2, 0.25) is 0 Å². The minimum atomic E-state index is -0.922. The maximum atomic E-state index is 9.36. The van der Waals surface area contributed by atoms with Crippen molar-refractivity contribution < 1.29 is 14.9 Å². The number of benzene rings is 1. The lowest BCUT2D eigenvalue weighted by atomic mass is 10.4. The second-order valence-electron chi connectivity index (χ2n) is 6.19. The molecule has 0 aliphatic rings. The Bertz CT molecular complexity index is 1070. The Morgan fingerprint density at radius 3 is 2.79 bits per heavy atom. The summed E-state index contributed by atoms with van der Waals surface area (Å²) in [5.74, 6) is 0. The van der Waals surface area contributed by atoms with Crippen molar-refractivity contribution in [3.8, 4) is 0 Å². The molecule has 0 amide bonds. The number of aromatic nitrogens is 7. The summed E-state index contributed by atoms with van der Waals surface area (Å²) < 4.78 is 8.68. The van der Waals surface area contributed by atoms with Gasteiger partial charge in [0.25, 0.3) is 0 Å². The summed E-state index contributed by atoms with van der Waals surface area (Å²) in [5.41, 5.74) is 1.48. The van der Waals surface area contributed by atoms with Crippen LogP contribution in [0, 0.1) is 0 Å². The molecule has 0 aliphatic heterocycles. The molecule has 1 aromatic carbocycles. The fraction of sp³-hybridized carbons (Fsp3) is 0.278. The molecule has 0 fully saturated rings. The first-order valence-electron chi connectivity index (χ1n) is 8.88. The molecule has 150 valence electrons. The Kier molecular flexibility index (Phi) is 6.10. The van der Waals surface area contributed by atoms with E-state index in [0.717, 1.165) is 21.0 Å². The zero-order valence-electron chi connectivity index (χ0n) is 15.4. The lowest BCUT2D eigenvalue weighted by Gasteiger charge is -2.10. The summed E-state index contributed by atoms with van der Waals surface area (Å²) in [6.07, 6.45) is 3.98. The second kappa shape index (κ2) is 9.09. The molecule has 1 atom stereocenters. The number of hydrogen-bond acceptors (Lipinski definition) is 9. The van der Waals surface area contributed by atoms with E-state index >= 15 is 0 Å². The first kappa shape index (κ1) is 19.5. The van der Waals surface area contributed by atoms with Gasteiger partial charge in [0.15, 0.2) is 5.65 Å². The summed E-state index contributed by atoms with van der Waals surface area (Å²) in [6, 6.07) is 10.0. The average molecular weight is 413 g/mol. The van der Waals surface area contributed by atoms with Gasteiger partial charge in [-0.3, -0.25) is 0 Å². The van der Waals surface area contributed by atoms with Crippen molar-refractivity contribution in [2.75, 3.05) is 13.2 Å². The van der Waals surface area contributed by atoms with E-state index in [4.69, 9.17) is 9.84 Å². The van der Waals surface area contributed by atoms with Crippen LogP contribution in [0.4, 0.5) is 0 Å². The van der Waals surface area contributed by atoms with Crippen LogP contribution in [0.5, 0.6) is 0 Å². The van der Waals surface area contributed by atoms with Gasteiger partial charge in [-0.25, -0.2) is 19.3 Å². The molecule has 4 aromatic rings. The monoisotopic (exact) mass is 413 g/mol. The lowest BCUT2D eigenvalue weighted by Crippen LogP contribution is -2.21. The van der Waals surface area contributed by atoms with E-state index in [1.54, 1.807) is 33.5 Å². The van der Waals surface area contributed by atoms with E-state index in [1.165, 1.54) is 6.33 Å². The number of nitrogens with zero attached hydrogens (tertiary/aromatic N) is 7. The van der Waals surface area contributed by atoms with Crippen molar-refractivity contribution in [1.82, 2.24) is 34.7 Å². The second-order valence-corrected chi connectivity index (χ2v) is 7.26. The van der Waals surface area contributed by atoms with E-state index in [1.807, 2.05) is 30.3 Å². The highest BCUT2D eigenvalue weighted by Crippen LogP contribution is 2.30. The number of fused-ring (bicyclic) bond motifs is 1. The van der Waals surface area contributed by atoms with E-state index in [2.05, 4.69) is 25.4 Å². The van der Waals surface area contributed by atoms with Gasteiger partial charge in [-0.15, -0.1) is 5.10 Å². The fourth-order valence-corrected chi connectivity index (χ4v) is 3.53. The van der Waals surface area contributed by atoms with Gasteiger partial charge in [-0.1, -0.05) is 35.2 Å². The van der Waals surface area contributed by atoms with Crippen LogP contribution in [-0.2, 0) is 18.0 Å². The molecule has 0 radical (unpaired) electrons. The van der Waals surface area contributed by atoms with Crippen LogP contribution in [0.25, 0.3) is 11.0 Å². The van der Waals surface area contributed by atoms with Crippen molar-refractivity contribution in [1.29, 1.82) is 0 Å². The van der Waals surface area contributed by atoms with Crippen LogP contribution >= 0.6 is 11.8 Å². The molecule has 11 heteroatoms. The van der Waals surface area contributed by atoms with Crippen molar-refractivity contribution in [3.63, 3.8) is 0 Å². The predicted octanol–water partition coefficient (Wildman–Crippen LogP) is 0.945. The van der Waals surface area contributed by atoms with E-state index in [-0.39, 0.29) is 19.9 Å². The van der Waals surface area contributed by atoms with Crippen LogP contribution < -0.4 is 0 Å². The first-order valence-corrected chi connectivity index (χ1v) is 9.69. The molecule has 3 aromatic heterocycles. The third-order valence-electron chi connectivity index (χ3n) is 4.10. The highest BCUT2D eigenvalue weighted by Gasteiger charge is 2.13. The molecule has 10 nitrogen and oxygen atoms in total. The maximum Gasteiger partial charge on any atom is 0.162 e. The number of hydrogen-bond donors (Lipinski definition) is 2. The summed E-state index contributed by atoms with van der Waals surface area (Å²) in [4.78, 5) is 9.87. The number of aliphatic hydroxyl groups is 2. The molecular formula is C18H19N7O3S. The summed E-state index contributed by atoms with van der Waals surface area (Å²) >= 11 is 1.56. The molecule has 0 saturated heterocycles. The van der Waals surface area contributed by atoms with Gasteiger partial charge in [0.05, 0.1) is 43.2 Å². The van der Waals surface area contributed by atoms with Gasteiger partial charge in [-0.05, 0) is 12.1 Å². The zero-order valence-corrected chi connectivity index (χ0v) is 16.2. The van der Waals surface area contributed by atoms with Crippen molar-refractivity contribution in [3.05, 3.63) is 54.7 Å². The van der Waals surface area contributed by atoms with E-state index < -0.39 is 6.10 Å². The highest BCUT2D eigenvalue weighted by molar-refractivity contribution is 7.99. The molecule has 3 heterocycles. The Morgan fingerprint density at radius 2 is 1.97 bits per heavy atom.